The molecule has 112 valence electrons. The molecule has 0 aliphatic carbocycles. The molecule has 2 heterocycles. The zero-order valence-electron chi connectivity index (χ0n) is 12.3. The van der Waals surface area contributed by atoms with Crippen LogP contribution in [0.4, 0.5) is 5.13 Å². The van der Waals surface area contributed by atoms with Gasteiger partial charge in [0.1, 0.15) is 6.10 Å². The number of rotatable bonds is 6. The lowest BCUT2D eigenvalue weighted by atomic mass is 10.2. The maximum absolute atomic E-state index is 12.0. The number of anilines is 1. The fourth-order valence-electron chi connectivity index (χ4n) is 2.12. The lowest BCUT2D eigenvalue weighted by Gasteiger charge is -2.15. The molecule has 6 heteroatoms. The highest BCUT2D eigenvalue weighted by atomic mass is 32.1. The molecule has 1 aromatic heterocycles. The van der Waals surface area contributed by atoms with Gasteiger partial charge >= 0.3 is 0 Å². The van der Waals surface area contributed by atoms with E-state index in [4.69, 9.17) is 9.47 Å². The number of amides is 1. The Balaban J connectivity index is 1.80. The summed E-state index contributed by atoms with van der Waals surface area (Å²) in [5.74, 6) is -0.153. The Kier molecular flexibility index (Phi) is 5.51. The van der Waals surface area contributed by atoms with Crippen molar-refractivity contribution in [3.8, 4) is 0 Å². The van der Waals surface area contributed by atoms with Crippen LogP contribution in [-0.4, -0.2) is 36.3 Å². The van der Waals surface area contributed by atoms with E-state index in [0.29, 0.717) is 11.7 Å². The third-order valence-electron chi connectivity index (χ3n) is 3.38. The number of aryl methyl sites for hydroxylation is 2. The maximum atomic E-state index is 12.0. The van der Waals surface area contributed by atoms with E-state index in [1.165, 1.54) is 11.3 Å². The van der Waals surface area contributed by atoms with Gasteiger partial charge in [0.05, 0.1) is 18.4 Å². The Morgan fingerprint density at radius 1 is 1.65 bits per heavy atom. The Hall–Kier alpha value is -0.980. The normalized spacial score (nSPS) is 20.1. The summed E-state index contributed by atoms with van der Waals surface area (Å²) in [6.45, 7) is 7.11. The van der Waals surface area contributed by atoms with E-state index in [0.717, 1.165) is 36.4 Å². The molecule has 1 aliphatic heterocycles. The predicted octanol–water partition coefficient (Wildman–Crippen LogP) is 2.54. The van der Waals surface area contributed by atoms with E-state index in [1.807, 2.05) is 6.92 Å². The number of carbonyl (C=O) groups is 1. The highest BCUT2D eigenvalue weighted by Crippen LogP contribution is 2.22. The van der Waals surface area contributed by atoms with Gasteiger partial charge in [0, 0.05) is 11.5 Å². The average molecular weight is 298 g/mol. The Bertz CT molecular complexity index is 455. The average Bonchev–Trinajstić information content (AvgIpc) is 3.05. The smallest absolute Gasteiger partial charge is 0.254 e. The van der Waals surface area contributed by atoms with Crippen molar-refractivity contribution in [1.82, 2.24) is 4.98 Å². The van der Waals surface area contributed by atoms with E-state index < -0.39 is 6.10 Å². The van der Waals surface area contributed by atoms with Gasteiger partial charge in [-0.05, 0) is 33.1 Å². The van der Waals surface area contributed by atoms with Gasteiger partial charge in [0.15, 0.2) is 5.13 Å². The van der Waals surface area contributed by atoms with Gasteiger partial charge in [0.25, 0.3) is 5.91 Å². The molecule has 0 spiro atoms. The number of thiazole rings is 1. The SMILES string of the molecule is CCc1nc(NC(=O)C(C)OCC2CCCO2)sc1C. The molecule has 0 saturated carbocycles. The van der Waals surface area contributed by atoms with Crippen LogP contribution in [0.2, 0.25) is 0 Å². The molecule has 0 bridgehead atoms. The van der Waals surface area contributed by atoms with Gasteiger partial charge in [-0.2, -0.15) is 0 Å². The molecule has 1 N–H and O–H groups in total. The summed E-state index contributed by atoms with van der Waals surface area (Å²) in [6, 6.07) is 0. The van der Waals surface area contributed by atoms with Crippen molar-refractivity contribution in [3.05, 3.63) is 10.6 Å². The Morgan fingerprint density at radius 2 is 2.45 bits per heavy atom. The van der Waals surface area contributed by atoms with E-state index in [1.54, 1.807) is 6.92 Å². The molecule has 1 aromatic rings. The van der Waals surface area contributed by atoms with Crippen LogP contribution in [0.15, 0.2) is 0 Å². The van der Waals surface area contributed by atoms with Gasteiger partial charge in [-0.3, -0.25) is 10.1 Å². The molecule has 2 atom stereocenters. The van der Waals surface area contributed by atoms with Crippen LogP contribution in [0.3, 0.4) is 0 Å². The summed E-state index contributed by atoms with van der Waals surface area (Å²) in [5, 5.41) is 3.47. The van der Waals surface area contributed by atoms with Crippen molar-refractivity contribution in [3.63, 3.8) is 0 Å². The highest BCUT2D eigenvalue weighted by molar-refractivity contribution is 7.15. The van der Waals surface area contributed by atoms with E-state index >= 15 is 0 Å². The first kappa shape index (κ1) is 15.4. The second-order valence-electron chi connectivity index (χ2n) is 4.98. The van der Waals surface area contributed by atoms with Crippen LogP contribution in [-0.2, 0) is 20.7 Å². The Labute approximate surface area is 123 Å². The number of nitrogens with zero attached hydrogens (tertiary/aromatic N) is 1. The van der Waals surface area contributed by atoms with Gasteiger partial charge in [-0.15, -0.1) is 11.3 Å². The molecule has 0 aromatic carbocycles. The van der Waals surface area contributed by atoms with E-state index in [-0.39, 0.29) is 12.0 Å². The second-order valence-corrected chi connectivity index (χ2v) is 6.18. The molecule has 5 nitrogen and oxygen atoms in total. The highest BCUT2D eigenvalue weighted by Gasteiger charge is 2.20. The largest absolute Gasteiger partial charge is 0.376 e. The molecule has 2 unspecified atom stereocenters. The van der Waals surface area contributed by atoms with Crippen molar-refractivity contribution in [2.24, 2.45) is 0 Å². The third kappa shape index (κ3) is 4.01. The number of ether oxygens (including phenoxy) is 2. The molecule has 20 heavy (non-hydrogen) atoms. The first-order valence-electron chi connectivity index (χ1n) is 7.10. The van der Waals surface area contributed by atoms with Crippen LogP contribution in [0.25, 0.3) is 0 Å². The monoisotopic (exact) mass is 298 g/mol. The van der Waals surface area contributed by atoms with Crippen LogP contribution in [0.1, 0.15) is 37.3 Å². The summed E-state index contributed by atoms with van der Waals surface area (Å²) in [5.41, 5.74) is 1.04. The van der Waals surface area contributed by atoms with E-state index in [9.17, 15) is 4.79 Å². The van der Waals surface area contributed by atoms with E-state index in [2.05, 4.69) is 17.2 Å². The zero-order chi connectivity index (χ0) is 14.5. The number of hydrogen-bond donors (Lipinski definition) is 1. The molecule has 1 saturated heterocycles. The molecular weight excluding hydrogens is 276 g/mol. The Morgan fingerprint density at radius 3 is 3.05 bits per heavy atom. The minimum absolute atomic E-state index is 0.138. The minimum atomic E-state index is -0.492. The lowest BCUT2D eigenvalue weighted by molar-refractivity contribution is -0.128. The zero-order valence-corrected chi connectivity index (χ0v) is 13.1. The van der Waals surface area contributed by atoms with Crippen molar-refractivity contribution in [2.75, 3.05) is 18.5 Å². The first-order chi connectivity index (χ1) is 9.60. The molecule has 1 aliphatic rings. The van der Waals surface area contributed by atoms with Crippen molar-refractivity contribution in [1.29, 1.82) is 0 Å². The number of hydrogen-bond acceptors (Lipinski definition) is 5. The third-order valence-corrected chi connectivity index (χ3v) is 4.31. The molecule has 1 fully saturated rings. The standard InChI is InChI=1S/C14H22N2O3S/c1-4-12-10(3)20-14(15-12)16-13(17)9(2)19-8-11-6-5-7-18-11/h9,11H,4-8H2,1-3H3,(H,15,16,17). The molecule has 0 radical (unpaired) electrons. The quantitative estimate of drug-likeness (QED) is 0.876. The van der Waals surface area contributed by atoms with Gasteiger partial charge in [-0.25, -0.2) is 4.98 Å². The topological polar surface area (TPSA) is 60.5 Å². The predicted molar refractivity (Wildman–Crippen MR) is 79.2 cm³/mol. The summed E-state index contributed by atoms with van der Waals surface area (Å²) in [6.07, 6.45) is 2.61. The fraction of sp³-hybridized carbons (Fsp3) is 0.714. The fourth-order valence-corrected chi connectivity index (χ4v) is 3.02. The minimum Gasteiger partial charge on any atom is -0.376 e. The second kappa shape index (κ2) is 7.15. The molecule has 2 rings (SSSR count). The van der Waals surface area contributed by atoms with Crippen molar-refractivity contribution >= 4 is 22.4 Å². The summed E-state index contributed by atoms with van der Waals surface area (Å²) in [4.78, 5) is 17.6. The first-order valence-corrected chi connectivity index (χ1v) is 7.92. The van der Waals surface area contributed by atoms with Crippen LogP contribution >= 0.6 is 11.3 Å². The number of aromatic nitrogens is 1. The summed E-state index contributed by atoms with van der Waals surface area (Å²) in [7, 11) is 0. The summed E-state index contributed by atoms with van der Waals surface area (Å²) < 4.78 is 11.0. The maximum Gasteiger partial charge on any atom is 0.254 e. The van der Waals surface area contributed by atoms with Gasteiger partial charge in [0.2, 0.25) is 0 Å². The number of carbonyl (C=O) groups excluding carboxylic acids is 1. The van der Waals surface area contributed by atoms with Crippen molar-refractivity contribution in [2.45, 2.75) is 52.2 Å². The van der Waals surface area contributed by atoms with Crippen molar-refractivity contribution < 1.29 is 14.3 Å². The summed E-state index contributed by atoms with van der Waals surface area (Å²) >= 11 is 1.50. The molecule has 1 amide bonds. The van der Waals surface area contributed by atoms with Crippen LogP contribution in [0.5, 0.6) is 0 Å². The van der Waals surface area contributed by atoms with Crippen LogP contribution in [0, 0.1) is 6.92 Å². The van der Waals surface area contributed by atoms with Crippen LogP contribution < -0.4 is 5.32 Å². The van der Waals surface area contributed by atoms with Gasteiger partial charge in [-0.1, -0.05) is 6.92 Å². The lowest BCUT2D eigenvalue weighted by Crippen LogP contribution is -2.30. The van der Waals surface area contributed by atoms with Gasteiger partial charge < -0.3 is 9.47 Å². The molecular formula is C14H22N2O3S. The number of nitrogens with one attached hydrogen (secondary N) is 1.